The normalized spacial score (nSPS) is 10.8. The zero-order chi connectivity index (χ0) is 23.7. The SMILES string of the molecule is O=C(Nc1ccc(NC(=O)c2cc3ccccc3oc2=O)cc1)c1cc2ccccc2oc1=O. The molecule has 34 heavy (non-hydrogen) atoms. The minimum Gasteiger partial charge on any atom is -0.422 e. The number of carbonyl (C=O) groups is 2. The summed E-state index contributed by atoms with van der Waals surface area (Å²) in [5, 5.41) is 6.51. The van der Waals surface area contributed by atoms with E-state index in [1.165, 1.54) is 12.1 Å². The Bertz CT molecular complexity index is 1560. The fourth-order valence-electron chi connectivity index (χ4n) is 3.47. The standard InChI is InChI=1S/C26H16N2O6/c29-23(19-13-15-5-1-3-7-21(15)33-25(19)31)27-17-9-11-18(12-10-17)28-24(30)20-14-16-6-2-4-8-22(16)34-26(20)32/h1-14H,(H,27,29)(H,28,30). The summed E-state index contributed by atoms with van der Waals surface area (Å²) in [4.78, 5) is 49.5. The van der Waals surface area contributed by atoms with Crippen LogP contribution in [0.3, 0.4) is 0 Å². The van der Waals surface area contributed by atoms with Crippen molar-refractivity contribution < 1.29 is 18.4 Å². The van der Waals surface area contributed by atoms with Gasteiger partial charge in [0.05, 0.1) is 0 Å². The molecule has 0 radical (unpaired) electrons. The van der Waals surface area contributed by atoms with E-state index in [-0.39, 0.29) is 11.1 Å². The molecule has 8 nitrogen and oxygen atoms in total. The average Bonchev–Trinajstić information content (AvgIpc) is 2.84. The van der Waals surface area contributed by atoms with E-state index in [0.717, 1.165) is 0 Å². The summed E-state index contributed by atoms with van der Waals surface area (Å²) in [7, 11) is 0. The number of hydrogen-bond acceptors (Lipinski definition) is 6. The summed E-state index contributed by atoms with van der Waals surface area (Å²) in [6.45, 7) is 0. The maximum absolute atomic E-state index is 12.6. The van der Waals surface area contributed by atoms with Crippen molar-refractivity contribution in [2.24, 2.45) is 0 Å². The molecule has 0 aliphatic heterocycles. The second-order valence-electron chi connectivity index (χ2n) is 7.46. The molecule has 2 N–H and O–H groups in total. The van der Waals surface area contributed by atoms with Crippen LogP contribution in [0, 0.1) is 0 Å². The van der Waals surface area contributed by atoms with E-state index in [0.29, 0.717) is 33.3 Å². The topological polar surface area (TPSA) is 119 Å². The van der Waals surface area contributed by atoms with Crippen LogP contribution < -0.4 is 21.9 Å². The number of amides is 2. The Morgan fingerprint density at radius 3 is 1.35 bits per heavy atom. The molecule has 0 fully saturated rings. The van der Waals surface area contributed by atoms with E-state index < -0.39 is 23.1 Å². The van der Waals surface area contributed by atoms with E-state index in [4.69, 9.17) is 8.83 Å². The maximum Gasteiger partial charge on any atom is 0.349 e. The van der Waals surface area contributed by atoms with Crippen LogP contribution in [0.5, 0.6) is 0 Å². The van der Waals surface area contributed by atoms with Crippen molar-refractivity contribution in [2.45, 2.75) is 0 Å². The van der Waals surface area contributed by atoms with Gasteiger partial charge < -0.3 is 19.5 Å². The van der Waals surface area contributed by atoms with Crippen LogP contribution in [-0.2, 0) is 0 Å². The smallest absolute Gasteiger partial charge is 0.349 e. The molecule has 0 bridgehead atoms. The van der Waals surface area contributed by atoms with Crippen molar-refractivity contribution >= 4 is 45.1 Å². The highest BCUT2D eigenvalue weighted by Gasteiger charge is 2.16. The summed E-state index contributed by atoms with van der Waals surface area (Å²) in [6.07, 6.45) is 0. The van der Waals surface area contributed by atoms with Gasteiger partial charge in [0.2, 0.25) is 0 Å². The fraction of sp³-hybridized carbons (Fsp3) is 0. The Kier molecular flexibility index (Phi) is 5.23. The van der Waals surface area contributed by atoms with Gasteiger partial charge in [-0.2, -0.15) is 0 Å². The number of anilines is 2. The van der Waals surface area contributed by atoms with Gasteiger partial charge in [0.1, 0.15) is 22.3 Å². The lowest BCUT2D eigenvalue weighted by Crippen LogP contribution is -2.21. The van der Waals surface area contributed by atoms with Gasteiger partial charge in [0.25, 0.3) is 11.8 Å². The lowest BCUT2D eigenvalue weighted by molar-refractivity contribution is 0.101. The summed E-state index contributed by atoms with van der Waals surface area (Å²) < 4.78 is 10.4. The molecule has 0 aliphatic carbocycles. The van der Waals surface area contributed by atoms with Gasteiger partial charge in [0.15, 0.2) is 0 Å². The monoisotopic (exact) mass is 452 g/mol. The molecule has 0 atom stereocenters. The third kappa shape index (κ3) is 4.07. The summed E-state index contributed by atoms with van der Waals surface area (Å²) in [6, 6.07) is 23.0. The first-order chi connectivity index (χ1) is 16.5. The molecule has 0 saturated heterocycles. The molecule has 8 heteroatoms. The van der Waals surface area contributed by atoms with Gasteiger partial charge in [-0.15, -0.1) is 0 Å². The Hall–Kier alpha value is -4.98. The number of rotatable bonds is 4. The predicted octanol–water partition coefficient (Wildman–Crippen LogP) is 4.40. The van der Waals surface area contributed by atoms with Crippen molar-refractivity contribution in [3.05, 3.63) is 117 Å². The molecule has 166 valence electrons. The molecule has 0 unspecified atom stereocenters. The number of nitrogens with one attached hydrogen (secondary N) is 2. The first-order valence-corrected chi connectivity index (χ1v) is 10.3. The minimum atomic E-state index is -0.741. The van der Waals surface area contributed by atoms with E-state index in [1.54, 1.807) is 72.8 Å². The van der Waals surface area contributed by atoms with Gasteiger partial charge in [-0.05, 0) is 48.5 Å². The van der Waals surface area contributed by atoms with E-state index in [2.05, 4.69) is 10.6 Å². The molecule has 2 amide bonds. The molecule has 3 aromatic carbocycles. The average molecular weight is 452 g/mol. The van der Waals surface area contributed by atoms with Crippen molar-refractivity contribution in [3.8, 4) is 0 Å². The molecular weight excluding hydrogens is 436 g/mol. The molecule has 0 aliphatic rings. The van der Waals surface area contributed by atoms with E-state index >= 15 is 0 Å². The first-order valence-electron chi connectivity index (χ1n) is 10.3. The van der Waals surface area contributed by atoms with Gasteiger partial charge in [0, 0.05) is 22.1 Å². The van der Waals surface area contributed by atoms with Crippen LogP contribution in [-0.4, -0.2) is 11.8 Å². The van der Waals surface area contributed by atoms with Crippen molar-refractivity contribution in [3.63, 3.8) is 0 Å². The van der Waals surface area contributed by atoms with Crippen LogP contribution >= 0.6 is 0 Å². The van der Waals surface area contributed by atoms with Crippen LogP contribution in [0.4, 0.5) is 11.4 Å². The third-order valence-corrected chi connectivity index (χ3v) is 5.17. The minimum absolute atomic E-state index is 0.126. The molecular formula is C26H16N2O6. The largest absolute Gasteiger partial charge is 0.422 e. The Balaban J connectivity index is 1.31. The Morgan fingerprint density at radius 2 is 0.941 bits per heavy atom. The van der Waals surface area contributed by atoms with Gasteiger partial charge in [-0.1, -0.05) is 36.4 Å². The van der Waals surface area contributed by atoms with E-state index in [1.807, 2.05) is 0 Å². The van der Waals surface area contributed by atoms with Gasteiger partial charge >= 0.3 is 11.3 Å². The summed E-state index contributed by atoms with van der Waals surface area (Å²) >= 11 is 0. The maximum atomic E-state index is 12.6. The Labute approximate surface area is 191 Å². The first kappa shape index (κ1) is 20.9. The van der Waals surface area contributed by atoms with E-state index in [9.17, 15) is 19.2 Å². The molecule has 5 rings (SSSR count). The Morgan fingerprint density at radius 1 is 0.559 bits per heavy atom. The number of fused-ring (bicyclic) bond motifs is 2. The molecule has 0 saturated carbocycles. The molecule has 5 aromatic rings. The highest BCUT2D eigenvalue weighted by molar-refractivity contribution is 6.07. The van der Waals surface area contributed by atoms with Crippen molar-refractivity contribution in [1.82, 2.24) is 0 Å². The third-order valence-electron chi connectivity index (χ3n) is 5.17. The molecule has 2 heterocycles. The number of benzene rings is 3. The number of carbonyl (C=O) groups excluding carboxylic acids is 2. The van der Waals surface area contributed by atoms with Crippen molar-refractivity contribution in [2.75, 3.05) is 10.6 Å². The zero-order valence-electron chi connectivity index (χ0n) is 17.5. The predicted molar refractivity (Wildman–Crippen MR) is 127 cm³/mol. The highest BCUT2D eigenvalue weighted by atomic mass is 16.4. The van der Waals surface area contributed by atoms with Crippen molar-refractivity contribution in [1.29, 1.82) is 0 Å². The van der Waals surface area contributed by atoms with Gasteiger partial charge in [-0.3, -0.25) is 9.59 Å². The summed E-state index contributed by atoms with van der Waals surface area (Å²) in [5.74, 6) is -1.24. The lowest BCUT2D eigenvalue weighted by Gasteiger charge is -2.08. The quantitative estimate of drug-likeness (QED) is 0.390. The van der Waals surface area contributed by atoms with Crippen LogP contribution in [0.1, 0.15) is 20.7 Å². The lowest BCUT2D eigenvalue weighted by atomic mass is 10.1. The zero-order valence-corrected chi connectivity index (χ0v) is 17.5. The summed E-state index contributed by atoms with van der Waals surface area (Å²) in [5.41, 5.74) is -0.141. The fourth-order valence-corrected chi connectivity index (χ4v) is 3.47. The highest BCUT2D eigenvalue weighted by Crippen LogP contribution is 2.18. The van der Waals surface area contributed by atoms with Crippen LogP contribution in [0.15, 0.2) is 103 Å². The second kappa shape index (κ2) is 8.51. The second-order valence-corrected chi connectivity index (χ2v) is 7.46. The molecule has 0 spiro atoms. The van der Waals surface area contributed by atoms with Gasteiger partial charge in [-0.25, -0.2) is 9.59 Å². The number of para-hydroxylation sites is 2. The van der Waals surface area contributed by atoms with Crippen LogP contribution in [0.25, 0.3) is 21.9 Å². The number of hydrogen-bond donors (Lipinski definition) is 2. The molecule has 2 aromatic heterocycles. The van der Waals surface area contributed by atoms with Crippen LogP contribution in [0.2, 0.25) is 0 Å².